The highest BCUT2D eigenvalue weighted by Crippen LogP contribution is 2.53. The molecule has 2 aromatic carbocycles. The second kappa shape index (κ2) is 8.15. The monoisotopic (exact) mass is 484 g/mol. The molecule has 2 aromatic rings. The van der Waals surface area contributed by atoms with Crippen molar-refractivity contribution < 1.29 is 23.9 Å². The molecule has 0 aromatic heterocycles. The minimum Gasteiger partial charge on any atom is -0.426 e. The second-order valence-corrected chi connectivity index (χ2v) is 10.6. The van der Waals surface area contributed by atoms with Gasteiger partial charge in [0.15, 0.2) is 0 Å². The number of carbonyl (C=O) groups is 4. The number of fused-ring (bicyclic) bond motifs is 5. The first-order chi connectivity index (χ1) is 17.2. The van der Waals surface area contributed by atoms with Gasteiger partial charge in [-0.2, -0.15) is 0 Å². The zero-order valence-corrected chi connectivity index (χ0v) is 20.6. The van der Waals surface area contributed by atoms with Crippen LogP contribution in [-0.4, -0.2) is 30.2 Å². The van der Waals surface area contributed by atoms with E-state index in [2.05, 4.69) is 12.2 Å². The average molecular weight is 485 g/mol. The third-order valence-electron chi connectivity index (χ3n) is 8.21. The average Bonchev–Trinajstić information content (AvgIpc) is 3.60. The van der Waals surface area contributed by atoms with Crippen molar-refractivity contribution in [3.63, 3.8) is 0 Å². The van der Waals surface area contributed by atoms with Crippen molar-refractivity contribution >= 4 is 35.1 Å². The quantitative estimate of drug-likeness (QED) is 0.285. The van der Waals surface area contributed by atoms with Crippen LogP contribution in [0.3, 0.4) is 0 Å². The number of amides is 3. The number of esters is 1. The van der Waals surface area contributed by atoms with E-state index in [4.69, 9.17) is 4.74 Å². The van der Waals surface area contributed by atoms with Crippen molar-refractivity contribution in [2.75, 3.05) is 16.3 Å². The Labute approximate surface area is 209 Å². The Hall–Kier alpha value is -3.74. The molecule has 184 valence electrons. The predicted molar refractivity (Wildman–Crippen MR) is 133 cm³/mol. The molecule has 7 nitrogen and oxygen atoms in total. The molecule has 2 saturated heterocycles. The molecule has 2 aliphatic carbocycles. The topological polar surface area (TPSA) is 84.0 Å². The van der Waals surface area contributed by atoms with Gasteiger partial charge in [0.1, 0.15) is 5.75 Å². The van der Waals surface area contributed by atoms with E-state index >= 15 is 0 Å². The van der Waals surface area contributed by atoms with Crippen LogP contribution in [0.1, 0.15) is 29.5 Å². The summed E-state index contributed by atoms with van der Waals surface area (Å²) in [5.41, 5.74) is 4.07. The van der Waals surface area contributed by atoms with Crippen LogP contribution in [0.15, 0.2) is 48.6 Å². The first-order valence-corrected chi connectivity index (χ1v) is 12.5. The number of benzene rings is 2. The van der Waals surface area contributed by atoms with Gasteiger partial charge in [-0.25, -0.2) is 4.90 Å². The molecular weight excluding hydrogens is 456 g/mol. The van der Waals surface area contributed by atoms with Gasteiger partial charge in [-0.05, 0) is 80.0 Å². The van der Waals surface area contributed by atoms with Crippen LogP contribution in [0.2, 0.25) is 0 Å². The van der Waals surface area contributed by atoms with Crippen molar-refractivity contribution in [3.8, 4) is 5.75 Å². The fourth-order valence-electron chi connectivity index (χ4n) is 6.39. The van der Waals surface area contributed by atoms with Crippen LogP contribution in [0, 0.1) is 50.4 Å². The van der Waals surface area contributed by atoms with Crippen molar-refractivity contribution in [3.05, 3.63) is 65.2 Å². The number of hydrogen-bond donors (Lipinski definition) is 0. The molecule has 2 aliphatic heterocycles. The molecule has 0 unspecified atom stereocenters. The predicted octanol–water partition coefficient (Wildman–Crippen LogP) is 3.88. The van der Waals surface area contributed by atoms with Gasteiger partial charge in [-0.3, -0.25) is 19.2 Å². The molecule has 0 N–H and O–H groups in total. The summed E-state index contributed by atoms with van der Waals surface area (Å²) in [6, 6.07) is 10.9. The molecular formula is C29H28N2O5. The summed E-state index contributed by atoms with van der Waals surface area (Å²) < 4.78 is 5.64. The van der Waals surface area contributed by atoms with E-state index < -0.39 is 11.9 Å². The summed E-state index contributed by atoms with van der Waals surface area (Å²) in [4.78, 5) is 54.9. The molecule has 3 amide bonds. The normalized spacial score (nSPS) is 28.4. The molecule has 2 heterocycles. The van der Waals surface area contributed by atoms with E-state index in [1.807, 2.05) is 32.0 Å². The van der Waals surface area contributed by atoms with Crippen LogP contribution in [-0.2, 0) is 19.2 Å². The number of carbonyl (C=O) groups excluding carboxylic acids is 4. The lowest BCUT2D eigenvalue weighted by atomic mass is 9.85. The Kier molecular flexibility index (Phi) is 5.14. The van der Waals surface area contributed by atoms with Crippen molar-refractivity contribution in [2.24, 2.45) is 29.6 Å². The lowest BCUT2D eigenvalue weighted by Gasteiger charge is -2.20. The minimum atomic E-state index is -0.568. The Morgan fingerprint density at radius 3 is 2.22 bits per heavy atom. The van der Waals surface area contributed by atoms with E-state index in [0.717, 1.165) is 23.2 Å². The maximum atomic E-state index is 13.1. The first kappa shape index (κ1) is 22.7. The summed E-state index contributed by atoms with van der Waals surface area (Å²) in [6.45, 7) is 5.99. The van der Waals surface area contributed by atoms with Crippen LogP contribution in [0.25, 0.3) is 0 Å². The summed E-state index contributed by atoms with van der Waals surface area (Å²) >= 11 is 0. The highest BCUT2D eigenvalue weighted by Gasteiger charge is 2.59. The fraction of sp³-hybridized carbons (Fsp3) is 0.379. The van der Waals surface area contributed by atoms with Crippen molar-refractivity contribution in [1.82, 2.24) is 0 Å². The van der Waals surface area contributed by atoms with E-state index in [1.54, 1.807) is 30.0 Å². The van der Waals surface area contributed by atoms with E-state index in [-0.39, 0.29) is 54.4 Å². The fourth-order valence-corrected chi connectivity index (χ4v) is 6.39. The van der Waals surface area contributed by atoms with Crippen LogP contribution >= 0.6 is 0 Å². The van der Waals surface area contributed by atoms with Gasteiger partial charge in [0.2, 0.25) is 17.7 Å². The summed E-state index contributed by atoms with van der Waals surface area (Å²) in [5, 5.41) is 0. The highest BCUT2D eigenvalue weighted by atomic mass is 16.5. The molecule has 7 heteroatoms. The lowest BCUT2D eigenvalue weighted by Crippen LogP contribution is -2.33. The highest BCUT2D eigenvalue weighted by molar-refractivity contribution is 6.23. The Bertz CT molecular complexity index is 1330. The summed E-state index contributed by atoms with van der Waals surface area (Å²) in [6.07, 6.45) is 5.13. The number of ether oxygens (including phenoxy) is 1. The first-order valence-electron chi connectivity index (χ1n) is 12.5. The van der Waals surface area contributed by atoms with Crippen LogP contribution in [0.5, 0.6) is 5.75 Å². The third kappa shape index (κ3) is 3.40. The molecule has 6 rings (SSSR count). The number of aryl methyl sites for hydroxylation is 3. The number of anilines is 2. The van der Waals surface area contributed by atoms with Gasteiger partial charge < -0.3 is 9.64 Å². The number of nitrogens with zero attached hydrogens (tertiary/aromatic N) is 2. The SMILES string of the molecule is Cc1ccc(C)c(N2C[C@H](C(=O)Oc3ccc(N4C(=O)[C@@H]5[C@H](C4=O)[C@H]4C=C[C@H]5C4)c(C)c3)CC2=O)c1. The van der Waals surface area contributed by atoms with Crippen LogP contribution in [0.4, 0.5) is 11.4 Å². The van der Waals surface area contributed by atoms with Gasteiger partial charge in [0, 0.05) is 18.7 Å². The molecule has 1 saturated carbocycles. The van der Waals surface area contributed by atoms with Gasteiger partial charge in [-0.1, -0.05) is 24.3 Å². The Morgan fingerprint density at radius 1 is 0.861 bits per heavy atom. The second-order valence-electron chi connectivity index (χ2n) is 10.6. The van der Waals surface area contributed by atoms with Crippen molar-refractivity contribution in [1.29, 1.82) is 0 Å². The molecule has 5 atom stereocenters. The van der Waals surface area contributed by atoms with E-state index in [0.29, 0.717) is 17.0 Å². The molecule has 3 fully saturated rings. The van der Waals surface area contributed by atoms with Crippen molar-refractivity contribution in [2.45, 2.75) is 33.6 Å². The minimum absolute atomic E-state index is 0.0964. The summed E-state index contributed by atoms with van der Waals surface area (Å²) in [5.74, 6) is -1.28. The number of rotatable bonds is 4. The van der Waals surface area contributed by atoms with Gasteiger partial charge in [0.25, 0.3) is 0 Å². The maximum absolute atomic E-state index is 13.1. The number of imide groups is 1. The third-order valence-corrected chi connectivity index (χ3v) is 8.21. The number of hydrogen-bond acceptors (Lipinski definition) is 5. The lowest BCUT2D eigenvalue weighted by molar-refractivity contribution is -0.139. The van der Waals surface area contributed by atoms with Gasteiger partial charge in [-0.15, -0.1) is 0 Å². The zero-order chi connectivity index (χ0) is 25.3. The molecule has 4 aliphatic rings. The molecule has 2 bridgehead atoms. The molecule has 0 spiro atoms. The van der Waals surface area contributed by atoms with Gasteiger partial charge >= 0.3 is 5.97 Å². The zero-order valence-electron chi connectivity index (χ0n) is 20.6. The van der Waals surface area contributed by atoms with E-state index in [1.165, 1.54) is 4.90 Å². The smallest absolute Gasteiger partial charge is 0.316 e. The van der Waals surface area contributed by atoms with E-state index in [9.17, 15) is 19.2 Å². The van der Waals surface area contributed by atoms with Gasteiger partial charge in [0.05, 0.1) is 23.4 Å². The maximum Gasteiger partial charge on any atom is 0.316 e. The van der Waals surface area contributed by atoms with Crippen LogP contribution < -0.4 is 14.5 Å². The molecule has 36 heavy (non-hydrogen) atoms. The Balaban J connectivity index is 1.16. The standard InChI is InChI=1S/C29H28N2O5/c1-15-4-5-16(2)23(10-15)30-14-20(13-24(30)32)29(35)36-21-8-9-22(17(3)11-21)31-27(33)25-18-6-7-19(12-18)26(25)28(31)34/h4-11,18-20,25-26H,12-14H2,1-3H3/t18-,19-,20+,25-,26+/m0/s1. The molecule has 0 radical (unpaired) electrons. The number of allylic oxidation sites excluding steroid dienone is 2. The largest absolute Gasteiger partial charge is 0.426 e. The summed E-state index contributed by atoms with van der Waals surface area (Å²) in [7, 11) is 0. The Morgan fingerprint density at radius 2 is 1.56 bits per heavy atom.